The van der Waals surface area contributed by atoms with E-state index in [1.165, 1.54) is 7.11 Å². The van der Waals surface area contributed by atoms with Gasteiger partial charge in [0, 0.05) is 10.7 Å². The van der Waals surface area contributed by atoms with Crippen molar-refractivity contribution in [2.24, 2.45) is 0 Å². The molecule has 1 atom stereocenters. The van der Waals surface area contributed by atoms with E-state index >= 15 is 0 Å². The lowest BCUT2D eigenvalue weighted by Gasteiger charge is -2.31. The summed E-state index contributed by atoms with van der Waals surface area (Å²) in [4.78, 5) is 51.2. The largest absolute Gasteiger partial charge is 0.478 e. The van der Waals surface area contributed by atoms with Crippen LogP contribution in [-0.2, 0) is 19.1 Å². The predicted molar refractivity (Wildman–Crippen MR) is 129 cm³/mol. The Morgan fingerprint density at radius 2 is 1.64 bits per heavy atom. The first-order valence-corrected chi connectivity index (χ1v) is 11.4. The Morgan fingerprint density at radius 3 is 2.22 bits per heavy atom. The van der Waals surface area contributed by atoms with Crippen molar-refractivity contribution in [3.8, 4) is 0 Å². The molecule has 36 heavy (non-hydrogen) atoms. The SMILES string of the molecule is COC(=O)C1=C(COCCN2C(=O)c3ccccc3C2=O)NC(C)=C(C(=O)O)C1c1ccccc1Cl. The molecule has 9 nitrogen and oxygen atoms in total. The van der Waals surface area contributed by atoms with Gasteiger partial charge in [-0.05, 0) is 30.7 Å². The normalized spacial score (nSPS) is 17.3. The molecular weight excluding hydrogens is 488 g/mol. The van der Waals surface area contributed by atoms with Gasteiger partial charge in [-0.3, -0.25) is 14.5 Å². The van der Waals surface area contributed by atoms with Gasteiger partial charge in [-0.25, -0.2) is 9.59 Å². The van der Waals surface area contributed by atoms with Crippen molar-refractivity contribution >= 4 is 35.4 Å². The fourth-order valence-corrected chi connectivity index (χ4v) is 4.68. The number of carboxylic acid groups (broad SMARTS) is 1. The van der Waals surface area contributed by atoms with Gasteiger partial charge in [-0.2, -0.15) is 0 Å². The number of fused-ring (bicyclic) bond motifs is 1. The highest BCUT2D eigenvalue weighted by atomic mass is 35.5. The number of hydrogen-bond acceptors (Lipinski definition) is 7. The summed E-state index contributed by atoms with van der Waals surface area (Å²) in [5, 5.41) is 13.2. The van der Waals surface area contributed by atoms with Crippen LogP contribution < -0.4 is 5.32 Å². The molecule has 2 aromatic rings. The Morgan fingerprint density at radius 1 is 1.03 bits per heavy atom. The van der Waals surface area contributed by atoms with E-state index < -0.39 is 29.7 Å². The van der Waals surface area contributed by atoms with Gasteiger partial charge in [0.2, 0.25) is 0 Å². The first kappa shape index (κ1) is 25.2. The maximum absolute atomic E-state index is 12.9. The van der Waals surface area contributed by atoms with E-state index in [4.69, 9.17) is 21.1 Å². The minimum atomic E-state index is -1.21. The molecule has 0 bridgehead atoms. The van der Waals surface area contributed by atoms with E-state index in [1.807, 2.05) is 0 Å². The van der Waals surface area contributed by atoms with Gasteiger partial charge in [0.15, 0.2) is 0 Å². The summed E-state index contributed by atoms with van der Waals surface area (Å²) in [6, 6.07) is 13.2. The molecular formula is C26H23ClN2O7. The summed E-state index contributed by atoms with van der Waals surface area (Å²) in [5.74, 6) is -3.74. The molecule has 2 heterocycles. The van der Waals surface area contributed by atoms with Crippen LogP contribution in [0.15, 0.2) is 71.1 Å². The lowest BCUT2D eigenvalue weighted by atomic mass is 9.80. The van der Waals surface area contributed by atoms with Gasteiger partial charge in [0.25, 0.3) is 11.8 Å². The summed E-state index contributed by atoms with van der Waals surface area (Å²) in [6.45, 7) is 1.46. The van der Waals surface area contributed by atoms with Crippen LogP contribution in [0, 0.1) is 0 Å². The quantitative estimate of drug-likeness (QED) is 0.315. The number of aliphatic carboxylic acids is 1. The molecule has 4 rings (SSSR count). The monoisotopic (exact) mass is 510 g/mol. The lowest BCUT2D eigenvalue weighted by molar-refractivity contribution is -0.136. The maximum Gasteiger partial charge on any atom is 0.336 e. The number of amides is 2. The molecule has 2 aliphatic heterocycles. The van der Waals surface area contributed by atoms with Gasteiger partial charge in [0.05, 0.1) is 60.8 Å². The topological polar surface area (TPSA) is 122 Å². The van der Waals surface area contributed by atoms with Crippen molar-refractivity contribution in [1.29, 1.82) is 0 Å². The number of esters is 1. The fourth-order valence-electron chi connectivity index (χ4n) is 4.44. The summed E-state index contributed by atoms with van der Waals surface area (Å²) in [5.41, 5.74) is 1.75. The third-order valence-electron chi connectivity index (χ3n) is 6.08. The number of nitrogens with zero attached hydrogens (tertiary/aromatic N) is 1. The van der Waals surface area contributed by atoms with E-state index in [0.717, 1.165) is 4.90 Å². The van der Waals surface area contributed by atoms with Crippen molar-refractivity contribution in [2.45, 2.75) is 12.8 Å². The molecule has 186 valence electrons. The van der Waals surface area contributed by atoms with Crippen molar-refractivity contribution in [1.82, 2.24) is 10.2 Å². The number of nitrogens with one attached hydrogen (secondary N) is 1. The Balaban J connectivity index is 1.58. The number of carbonyl (C=O) groups is 4. The highest BCUT2D eigenvalue weighted by Gasteiger charge is 2.39. The first-order valence-electron chi connectivity index (χ1n) is 11.1. The van der Waals surface area contributed by atoms with Gasteiger partial charge in [-0.1, -0.05) is 41.9 Å². The molecule has 2 amide bonds. The van der Waals surface area contributed by atoms with Crippen LogP contribution in [0.2, 0.25) is 5.02 Å². The summed E-state index contributed by atoms with van der Waals surface area (Å²) >= 11 is 6.39. The number of dihydropyridines is 1. The molecule has 0 spiro atoms. The van der Waals surface area contributed by atoms with Gasteiger partial charge < -0.3 is 19.9 Å². The smallest absolute Gasteiger partial charge is 0.336 e. The van der Waals surface area contributed by atoms with Crippen molar-refractivity contribution in [3.05, 3.63) is 92.8 Å². The third-order valence-corrected chi connectivity index (χ3v) is 6.42. The van der Waals surface area contributed by atoms with Crippen LogP contribution >= 0.6 is 11.6 Å². The van der Waals surface area contributed by atoms with Crippen LogP contribution in [0.4, 0.5) is 0 Å². The second kappa shape index (κ2) is 10.3. The second-order valence-corrected chi connectivity index (χ2v) is 8.57. The molecule has 0 fully saturated rings. The van der Waals surface area contributed by atoms with E-state index in [1.54, 1.807) is 55.5 Å². The number of carboxylic acids is 1. The minimum absolute atomic E-state index is 0.00356. The van der Waals surface area contributed by atoms with Gasteiger partial charge in [0.1, 0.15) is 0 Å². The van der Waals surface area contributed by atoms with Crippen LogP contribution in [0.25, 0.3) is 0 Å². The van der Waals surface area contributed by atoms with E-state index in [2.05, 4.69) is 5.32 Å². The van der Waals surface area contributed by atoms with Crippen LogP contribution in [-0.4, -0.2) is 60.6 Å². The first-order chi connectivity index (χ1) is 17.3. The molecule has 0 saturated heterocycles. The maximum atomic E-state index is 12.9. The zero-order valence-electron chi connectivity index (χ0n) is 19.5. The average Bonchev–Trinajstić information content (AvgIpc) is 3.10. The second-order valence-electron chi connectivity index (χ2n) is 8.17. The number of carbonyl (C=O) groups excluding carboxylic acids is 3. The molecule has 0 aromatic heterocycles. The molecule has 0 aliphatic carbocycles. The summed E-state index contributed by atoms with van der Waals surface area (Å²) in [6.07, 6.45) is 0. The highest BCUT2D eigenvalue weighted by molar-refractivity contribution is 6.31. The molecule has 0 radical (unpaired) electrons. The highest BCUT2D eigenvalue weighted by Crippen LogP contribution is 2.41. The third kappa shape index (κ3) is 4.50. The fraction of sp³-hybridized carbons (Fsp3) is 0.231. The van der Waals surface area contributed by atoms with Crippen LogP contribution in [0.5, 0.6) is 0 Å². The Kier molecular flexibility index (Phi) is 7.23. The minimum Gasteiger partial charge on any atom is -0.478 e. The number of imide groups is 1. The van der Waals surface area contributed by atoms with Gasteiger partial charge in [-0.15, -0.1) is 0 Å². The van der Waals surface area contributed by atoms with Crippen molar-refractivity contribution in [3.63, 3.8) is 0 Å². The Hall–Kier alpha value is -3.95. The number of allylic oxidation sites excluding steroid dienone is 1. The van der Waals surface area contributed by atoms with E-state index in [-0.39, 0.29) is 30.9 Å². The number of methoxy groups -OCH3 is 1. The molecule has 0 saturated carbocycles. The Bertz CT molecular complexity index is 1300. The van der Waals surface area contributed by atoms with Crippen LogP contribution in [0.1, 0.15) is 39.1 Å². The Labute approximate surface area is 211 Å². The molecule has 1 unspecified atom stereocenters. The van der Waals surface area contributed by atoms with Crippen molar-refractivity contribution < 1.29 is 33.8 Å². The zero-order valence-corrected chi connectivity index (χ0v) is 20.3. The predicted octanol–water partition coefficient (Wildman–Crippen LogP) is 3.13. The van der Waals surface area contributed by atoms with Crippen LogP contribution in [0.3, 0.4) is 0 Å². The molecule has 10 heteroatoms. The zero-order chi connectivity index (χ0) is 26.0. The molecule has 2 aromatic carbocycles. The summed E-state index contributed by atoms with van der Waals surface area (Å²) in [7, 11) is 1.20. The van der Waals surface area contributed by atoms with E-state index in [0.29, 0.717) is 33.1 Å². The number of hydrogen-bond donors (Lipinski definition) is 2. The number of benzene rings is 2. The standard InChI is InChI=1S/C26H23ClN2O7/c1-14-20(25(32)33)21(17-9-5-6-10-18(17)27)22(26(34)35-2)19(28-14)13-36-12-11-29-23(30)15-7-3-4-8-16(15)24(29)31/h3-10,21,28H,11-13H2,1-2H3,(H,32,33). The molecule has 2 aliphatic rings. The lowest BCUT2D eigenvalue weighted by Crippen LogP contribution is -2.35. The van der Waals surface area contributed by atoms with Crippen molar-refractivity contribution in [2.75, 3.05) is 26.9 Å². The molecule has 2 N–H and O–H groups in total. The van der Waals surface area contributed by atoms with Gasteiger partial charge >= 0.3 is 11.9 Å². The number of rotatable bonds is 8. The summed E-state index contributed by atoms with van der Waals surface area (Å²) < 4.78 is 10.7. The van der Waals surface area contributed by atoms with E-state index in [9.17, 15) is 24.3 Å². The average molecular weight is 511 g/mol. The number of ether oxygens (including phenoxy) is 2. The number of halogens is 1.